The summed E-state index contributed by atoms with van der Waals surface area (Å²) >= 11 is 1.86. The van der Waals surface area contributed by atoms with Crippen LogP contribution in [0.5, 0.6) is 0 Å². The monoisotopic (exact) mass is 358 g/mol. The minimum atomic E-state index is 0.307. The van der Waals surface area contributed by atoms with Crippen LogP contribution in [-0.2, 0) is 17.9 Å². The molecule has 2 saturated heterocycles. The number of rotatable bonds is 6. The van der Waals surface area contributed by atoms with Gasteiger partial charge in [-0.15, -0.1) is 11.3 Å². The lowest BCUT2D eigenvalue weighted by molar-refractivity contribution is -0.0130. The van der Waals surface area contributed by atoms with E-state index in [9.17, 15) is 0 Å². The summed E-state index contributed by atoms with van der Waals surface area (Å²) in [6, 6.07) is 5.98. The second kappa shape index (κ2) is 8.25. The van der Waals surface area contributed by atoms with Gasteiger partial charge in [0.05, 0.1) is 18.4 Å². The first kappa shape index (κ1) is 16.9. The Morgan fingerprint density at radius 1 is 1.12 bits per heavy atom. The van der Waals surface area contributed by atoms with Gasteiger partial charge in [0.15, 0.2) is 5.13 Å². The molecule has 1 atom stereocenters. The second-order valence-electron chi connectivity index (χ2n) is 6.93. The number of nitrogens with zero attached hydrogens (tertiary/aromatic N) is 4. The number of piperidine rings is 1. The highest BCUT2D eigenvalue weighted by molar-refractivity contribution is 7.15. The highest BCUT2D eigenvalue weighted by atomic mass is 32.1. The number of ether oxygens (including phenoxy) is 1. The summed E-state index contributed by atoms with van der Waals surface area (Å²) in [7, 11) is 0. The maximum absolute atomic E-state index is 6.10. The fraction of sp³-hybridized carbons (Fsp3) is 0.579. The average Bonchev–Trinajstić information content (AvgIpc) is 3.33. The fourth-order valence-electron chi connectivity index (χ4n) is 3.62. The van der Waals surface area contributed by atoms with E-state index in [0.29, 0.717) is 12.7 Å². The Morgan fingerprint density at radius 3 is 2.88 bits per heavy atom. The molecule has 2 aromatic rings. The zero-order valence-electron chi connectivity index (χ0n) is 14.6. The smallest absolute Gasteiger partial charge is 0.185 e. The van der Waals surface area contributed by atoms with Crippen LogP contribution in [0.1, 0.15) is 36.3 Å². The van der Waals surface area contributed by atoms with Crippen molar-refractivity contribution in [2.75, 3.05) is 31.1 Å². The molecule has 0 amide bonds. The third-order valence-corrected chi connectivity index (χ3v) is 6.00. The fourth-order valence-corrected chi connectivity index (χ4v) is 4.63. The third-order valence-electron chi connectivity index (χ3n) is 4.95. The van der Waals surface area contributed by atoms with Gasteiger partial charge < -0.3 is 9.64 Å². The molecule has 4 heterocycles. The Kier molecular flexibility index (Phi) is 5.59. The van der Waals surface area contributed by atoms with Gasteiger partial charge >= 0.3 is 0 Å². The summed E-state index contributed by atoms with van der Waals surface area (Å²) in [6.45, 7) is 6.10. The van der Waals surface area contributed by atoms with E-state index in [1.165, 1.54) is 42.4 Å². The molecule has 1 unspecified atom stereocenters. The molecule has 2 fully saturated rings. The summed E-state index contributed by atoms with van der Waals surface area (Å²) in [5, 5.41) is 1.20. The quantitative estimate of drug-likeness (QED) is 0.792. The van der Waals surface area contributed by atoms with Crippen LogP contribution in [0.15, 0.2) is 30.6 Å². The average molecular weight is 359 g/mol. The van der Waals surface area contributed by atoms with Crippen molar-refractivity contribution >= 4 is 16.5 Å². The van der Waals surface area contributed by atoms with Gasteiger partial charge in [-0.25, -0.2) is 4.98 Å². The molecule has 0 aromatic carbocycles. The van der Waals surface area contributed by atoms with Crippen LogP contribution in [0.3, 0.4) is 0 Å². The molecule has 0 radical (unpaired) electrons. The van der Waals surface area contributed by atoms with Crippen molar-refractivity contribution in [2.45, 2.75) is 44.9 Å². The summed E-state index contributed by atoms with van der Waals surface area (Å²) in [4.78, 5) is 15.3. The molecule has 0 aliphatic carbocycles. The number of thiazole rings is 1. The molecule has 4 rings (SSSR count). The van der Waals surface area contributed by atoms with E-state index in [1.54, 1.807) is 0 Å². The molecule has 5 nitrogen and oxygen atoms in total. The van der Waals surface area contributed by atoms with Gasteiger partial charge in [0, 0.05) is 43.4 Å². The first-order chi connectivity index (χ1) is 12.4. The molecule has 25 heavy (non-hydrogen) atoms. The Balaban J connectivity index is 1.28. The van der Waals surface area contributed by atoms with Crippen LogP contribution >= 0.6 is 11.3 Å². The van der Waals surface area contributed by atoms with Crippen LogP contribution in [-0.4, -0.2) is 47.2 Å². The molecule has 0 N–H and O–H groups in total. The predicted octanol–water partition coefficient (Wildman–Crippen LogP) is 3.32. The lowest BCUT2D eigenvalue weighted by Gasteiger charge is -2.32. The van der Waals surface area contributed by atoms with Crippen molar-refractivity contribution < 1.29 is 4.74 Å². The van der Waals surface area contributed by atoms with Gasteiger partial charge in [0.2, 0.25) is 0 Å². The minimum absolute atomic E-state index is 0.307. The number of hydrogen-bond donors (Lipinski definition) is 0. The van der Waals surface area contributed by atoms with E-state index >= 15 is 0 Å². The molecule has 2 aliphatic rings. The Labute approximate surface area is 153 Å². The molecular formula is C19H26N4OS. The number of anilines is 1. The highest BCUT2D eigenvalue weighted by Gasteiger charge is 2.22. The van der Waals surface area contributed by atoms with E-state index in [4.69, 9.17) is 4.74 Å². The largest absolute Gasteiger partial charge is 0.371 e. The third kappa shape index (κ3) is 4.57. The van der Waals surface area contributed by atoms with Gasteiger partial charge in [0.1, 0.15) is 0 Å². The molecule has 2 aliphatic heterocycles. The molecule has 134 valence electrons. The summed E-state index contributed by atoms with van der Waals surface area (Å²) in [6.07, 6.45) is 9.15. The molecule has 0 bridgehead atoms. The Hall–Kier alpha value is -1.50. The van der Waals surface area contributed by atoms with Gasteiger partial charge in [-0.1, -0.05) is 6.07 Å². The van der Waals surface area contributed by atoms with Crippen LogP contribution in [0.25, 0.3) is 0 Å². The standard InChI is InChI=1S/C19H26N4OS/c1-2-8-20-16(6-1)15-24-17-7-5-9-22(13-17)14-18-12-21-19(25-18)23-10-3-4-11-23/h1-2,6,8,12,17H,3-5,7,9-11,13-15H2. The first-order valence-corrected chi connectivity index (χ1v) is 10.1. The summed E-state index contributed by atoms with van der Waals surface area (Å²) in [5.41, 5.74) is 1.01. The van der Waals surface area contributed by atoms with Crippen molar-refractivity contribution in [3.63, 3.8) is 0 Å². The lowest BCUT2D eigenvalue weighted by Crippen LogP contribution is -2.39. The zero-order valence-corrected chi connectivity index (χ0v) is 15.5. The lowest BCUT2D eigenvalue weighted by atomic mass is 10.1. The maximum atomic E-state index is 6.10. The van der Waals surface area contributed by atoms with E-state index < -0.39 is 0 Å². The maximum Gasteiger partial charge on any atom is 0.185 e. The summed E-state index contributed by atoms with van der Waals surface area (Å²) in [5.74, 6) is 0. The van der Waals surface area contributed by atoms with Crippen LogP contribution in [0, 0.1) is 0 Å². The van der Waals surface area contributed by atoms with Gasteiger partial charge in [0.25, 0.3) is 0 Å². The van der Waals surface area contributed by atoms with Crippen LogP contribution < -0.4 is 4.90 Å². The molecule has 6 heteroatoms. The van der Waals surface area contributed by atoms with Crippen molar-refractivity contribution in [3.05, 3.63) is 41.2 Å². The topological polar surface area (TPSA) is 41.5 Å². The van der Waals surface area contributed by atoms with E-state index in [0.717, 1.165) is 31.7 Å². The van der Waals surface area contributed by atoms with Crippen LogP contribution in [0.4, 0.5) is 5.13 Å². The van der Waals surface area contributed by atoms with Crippen LogP contribution in [0.2, 0.25) is 0 Å². The minimum Gasteiger partial charge on any atom is -0.371 e. The first-order valence-electron chi connectivity index (χ1n) is 9.30. The normalized spacial score (nSPS) is 21.8. The SMILES string of the molecule is c1ccc(COC2CCCN(Cc3cnc(N4CCCC4)s3)C2)nc1. The van der Waals surface area contributed by atoms with Crippen molar-refractivity contribution in [1.29, 1.82) is 0 Å². The van der Waals surface area contributed by atoms with Crippen molar-refractivity contribution in [3.8, 4) is 0 Å². The highest BCUT2D eigenvalue weighted by Crippen LogP contribution is 2.27. The number of likely N-dealkylation sites (tertiary alicyclic amines) is 1. The molecule has 0 saturated carbocycles. The Morgan fingerprint density at radius 2 is 2.04 bits per heavy atom. The van der Waals surface area contributed by atoms with Gasteiger partial charge in [-0.2, -0.15) is 0 Å². The van der Waals surface area contributed by atoms with Gasteiger partial charge in [-0.05, 0) is 44.4 Å². The number of hydrogen-bond acceptors (Lipinski definition) is 6. The van der Waals surface area contributed by atoms with E-state index in [-0.39, 0.29) is 0 Å². The van der Waals surface area contributed by atoms with E-state index in [2.05, 4.69) is 26.0 Å². The predicted molar refractivity (Wildman–Crippen MR) is 101 cm³/mol. The number of aromatic nitrogens is 2. The second-order valence-corrected chi connectivity index (χ2v) is 8.03. The van der Waals surface area contributed by atoms with Crippen molar-refractivity contribution in [2.24, 2.45) is 0 Å². The zero-order chi connectivity index (χ0) is 16.9. The van der Waals surface area contributed by atoms with Gasteiger partial charge in [-0.3, -0.25) is 9.88 Å². The molecule has 2 aromatic heterocycles. The molecular weight excluding hydrogens is 332 g/mol. The Bertz CT molecular complexity index is 656. The summed E-state index contributed by atoms with van der Waals surface area (Å²) < 4.78 is 6.10. The van der Waals surface area contributed by atoms with E-state index in [1.807, 2.05) is 35.7 Å². The van der Waals surface area contributed by atoms with Crippen molar-refractivity contribution in [1.82, 2.24) is 14.9 Å². The number of pyridine rings is 1. The molecule has 0 spiro atoms.